The summed E-state index contributed by atoms with van der Waals surface area (Å²) in [6.45, 7) is 0. The topological polar surface area (TPSA) is 58.6 Å². The van der Waals surface area contributed by atoms with Crippen LogP contribution in [0.5, 0.6) is 0 Å². The highest BCUT2D eigenvalue weighted by atomic mass is 35.5. The van der Waals surface area contributed by atoms with Crippen molar-refractivity contribution in [1.29, 1.82) is 0 Å². The number of pyridine rings is 1. The third-order valence-corrected chi connectivity index (χ3v) is 3.72. The number of nitrogens with one attached hydrogen (secondary N) is 1. The number of hydrogen-bond donors (Lipinski definition) is 1. The van der Waals surface area contributed by atoms with Crippen LogP contribution in [0, 0.1) is 0 Å². The van der Waals surface area contributed by atoms with Gasteiger partial charge in [0.2, 0.25) is 0 Å². The van der Waals surface area contributed by atoms with E-state index in [1.54, 1.807) is 29.9 Å². The zero-order valence-corrected chi connectivity index (χ0v) is 10.0. The van der Waals surface area contributed by atoms with Crippen LogP contribution in [0.4, 0.5) is 0 Å². The van der Waals surface area contributed by atoms with Gasteiger partial charge >= 0.3 is 0 Å². The number of H-pyrrole nitrogens is 1. The molecule has 0 aliphatic heterocycles. The maximum atomic E-state index is 11.8. The van der Waals surface area contributed by atoms with E-state index >= 15 is 0 Å². The molecular formula is C11H6ClN3OS. The second-order valence-electron chi connectivity index (χ2n) is 3.41. The van der Waals surface area contributed by atoms with Crippen LogP contribution in [0.1, 0.15) is 0 Å². The molecule has 84 valence electrons. The second-order valence-corrected chi connectivity index (χ2v) is 4.70. The third kappa shape index (κ3) is 1.73. The lowest BCUT2D eigenvalue weighted by Gasteiger charge is -2.00. The van der Waals surface area contributed by atoms with Crippen molar-refractivity contribution in [1.82, 2.24) is 15.0 Å². The molecule has 6 heteroatoms. The van der Waals surface area contributed by atoms with Crippen molar-refractivity contribution in [3.63, 3.8) is 0 Å². The molecule has 0 saturated heterocycles. The third-order valence-electron chi connectivity index (χ3n) is 2.34. The van der Waals surface area contributed by atoms with E-state index in [9.17, 15) is 4.79 Å². The van der Waals surface area contributed by atoms with Gasteiger partial charge in [-0.3, -0.25) is 9.78 Å². The highest BCUT2D eigenvalue weighted by Crippen LogP contribution is 2.26. The molecule has 0 aliphatic carbocycles. The van der Waals surface area contributed by atoms with E-state index in [1.807, 2.05) is 0 Å². The lowest BCUT2D eigenvalue weighted by Crippen LogP contribution is -2.07. The van der Waals surface area contributed by atoms with Crippen molar-refractivity contribution >= 4 is 33.2 Å². The zero-order chi connectivity index (χ0) is 11.8. The van der Waals surface area contributed by atoms with Gasteiger partial charge < -0.3 is 4.98 Å². The summed E-state index contributed by atoms with van der Waals surface area (Å²) in [5.74, 6) is 0.505. The van der Waals surface area contributed by atoms with Crippen LogP contribution in [-0.4, -0.2) is 15.0 Å². The first-order chi connectivity index (χ1) is 8.25. The quantitative estimate of drug-likeness (QED) is 0.734. The van der Waals surface area contributed by atoms with Crippen molar-refractivity contribution in [2.45, 2.75) is 0 Å². The molecule has 0 aliphatic rings. The minimum atomic E-state index is -0.168. The molecule has 0 spiro atoms. The highest BCUT2D eigenvalue weighted by Gasteiger charge is 2.10. The first kappa shape index (κ1) is 10.4. The number of rotatable bonds is 1. The van der Waals surface area contributed by atoms with Crippen LogP contribution in [-0.2, 0) is 0 Å². The molecular weight excluding hydrogens is 258 g/mol. The maximum absolute atomic E-state index is 11.8. The largest absolute Gasteiger partial charge is 0.305 e. The van der Waals surface area contributed by atoms with Crippen LogP contribution in [0.25, 0.3) is 21.6 Å². The van der Waals surface area contributed by atoms with E-state index in [0.29, 0.717) is 21.1 Å². The zero-order valence-electron chi connectivity index (χ0n) is 8.48. The summed E-state index contributed by atoms with van der Waals surface area (Å²) in [6.07, 6.45) is 3.30. The Morgan fingerprint density at radius 1 is 1.29 bits per heavy atom. The number of aromatic amines is 1. The molecule has 17 heavy (non-hydrogen) atoms. The molecule has 0 amide bonds. The van der Waals surface area contributed by atoms with Gasteiger partial charge in [-0.15, -0.1) is 11.3 Å². The van der Waals surface area contributed by atoms with E-state index < -0.39 is 0 Å². The van der Waals surface area contributed by atoms with Gasteiger partial charge in [-0.1, -0.05) is 11.6 Å². The Balaban J connectivity index is 2.32. The van der Waals surface area contributed by atoms with Gasteiger partial charge in [0.1, 0.15) is 16.0 Å². The number of nitrogens with zero attached hydrogens (tertiary/aromatic N) is 2. The molecule has 1 N–H and O–H groups in total. The van der Waals surface area contributed by atoms with Crippen LogP contribution < -0.4 is 5.56 Å². The Bertz CT molecular complexity index is 735. The van der Waals surface area contributed by atoms with Crippen LogP contribution in [0.15, 0.2) is 34.7 Å². The fourth-order valence-electron chi connectivity index (χ4n) is 1.55. The molecule has 0 bridgehead atoms. The lowest BCUT2D eigenvalue weighted by atomic mass is 10.2. The van der Waals surface area contributed by atoms with Crippen LogP contribution in [0.2, 0.25) is 5.02 Å². The SMILES string of the molecule is O=c1[nH]c(-c2ccncc2)nc2c(Cl)csc12. The van der Waals surface area contributed by atoms with Gasteiger partial charge in [0.15, 0.2) is 0 Å². The number of halogens is 1. The van der Waals surface area contributed by atoms with Crippen molar-refractivity contribution < 1.29 is 0 Å². The molecule has 0 aromatic carbocycles. The van der Waals surface area contributed by atoms with Crippen LogP contribution in [0.3, 0.4) is 0 Å². The number of thiophene rings is 1. The van der Waals surface area contributed by atoms with Crippen molar-refractivity contribution in [2.24, 2.45) is 0 Å². The van der Waals surface area contributed by atoms with Gasteiger partial charge in [0.25, 0.3) is 5.56 Å². The Labute approximate surface area is 105 Å². The van der Waals surface area contributed by atoms with Crippen molar-refractivity contribution in [3.8, 4) is 11.4 Å². The average Bonchev–Trinajstić information content (AvgIpc) is 2.73. The number of fused-ring (bicyclic) bond motifs is 1. The van der Waals surface area contributed by atoms with Gasteiger partial charge in [-0.2, -0.15) is 0 Å². The summed E-state index contributed by atoms with van der Waals surface area (Å²) in [6, 6.07) is 3.56. The molecule has 0 radical (unpaired) electrons. The predicted molar refractivity (Wildman–Crippen MR) is 68.5 cm³/mol. The Hall–Kier alpha value is -1.72. The fourth-order valence-corrected chi connectivity index (χ4v) is 2.63. The summed E-state index contributed by atoms with van der Waals surface area (Å²) in [4.78, 5) is 22.8. The molecule has 4 nitrogen and oxygen atoms in total. The summed E-state index contributed by atoms with van der Waals surface area (Å²) >= 11 is 7.28. The first-order valence-corrected chi connectivity index (χ1v) is 6.09. The second kappa shape index (κ2) is 3.94. The van der Waals surface area contributed by atoms with Crippen molar-refractivity contribution in [2.75, 3.05) is 0 Å². The first-order valence-electron chi connectivity index (χ1n) is 4.83. The van der Waals surface area contributed by atoms with Crippen molar-refractivity contribution in [3.05, 3.63) is 45.3 Å². The molecule has 0 unspecified atom stereocenters. The Morgan fingerprint density at radius 2 is 2.06 bits per heavy atom. The molecule has 3 heterocycles. The van der Waals surface area contributed by atoms with E-state index in [2.05, 4.69) is 15.0 Å². The van der Waals surface area contributed by atoms with E-state index in [0.717, 1.165) is 5.56 Å². The smallest absolute Gasteiger partial charge is 0.269 e. The summed E-state index contributed by atoms with van der Waals surface area (Å²) in [5, 5.41) is 2.22. The van der Waals surface area contributed by atoms with E-state index in [4.69, 9.17) is 11.6 Å². The molecule has 3 rings (SSSR count). The van der Waals surface area contributed by atoms with Gasteiger partial charge in [-0.05, 0) is 12.1 Å². The lowest BCUT2D eigenvalue weighted by molar-refractivity contribution is 1.18. The molecule has 0 fully saturated rings. The predicted octanol–water partition coefficient (Wildman–Crippen LogP) is 2.70. The Morgan fingerprint density at radius 3 is 2.82 bits per heavy atom. The molecule has 3 aromatic heterocycles. The van der Waals surface area contributed by atoms with E-state index in [1.165, 1.54) is 11.3 Å². The minimum Gasteiger partial charge on any atom is -0.305 e. The molecule has 0 saturated carbocycles. The highest BCUT2D eigenvalue weighted by molar-refractivity contribution is 7.17. The van der Waals surface area contributed by atoms with Crippen LogP contribution >= 0.6 is 22.9 Å². The summed E-state index contributed by atoms with van der Waals surface area (Å²) < 4.78 is 0.549. The Kier molecular flexibility index (Phi) is 2.42. The summed E-state index contributed by atoms with van der Waals surface area (Å²) in [5.41, 5.74) is 1.19. The fraction of sp³-hybridized carbons (Fsp3) is 0. The molecule has 3 aromatic rings. The number of hydrogen-bond acceptors (Lipinski definition) is 4. The maximum Gasteiger partial charge on any atom is 0.269 e. The minimum absolute atomic E-state index is 0.168. The molecule has 0 atom stereocenters. The van der Waals surface area contributed by atoms with E-state index in [-0.39, 0.29) is 5.56 Å². The normalized spacial score (nSPS) is 10.9. The van der Waals surface area contributed by atoms with Gasteiger partial charge in [0, 0.05) is 23.3 Å². The standard InChI is InChI=1S/C11H6ClN3OS/c12-7-5-17-9-8(7)14-10(15-11(9)16)6-1-3-13-4-2-6/h1-5H,(H,14,15,16). The number of aromatic nitrogens is 3. The van der Waals surface area contributed by atoms with Gasteiger partial charge in [-0.25, -0.2) is 4.98 Å². The average molecular weight is 264 g/mol. The van der Waals surface area contributed by atoms with Gasteiger partial charge in [0.05, 0.1) is 5.02 Å². The monoisotopic (exact) mass is 263 g/mol. The summed E-state index contributed by atoms with van der Waals surface area (Å²) in [7, 11) is 0.